The van der Waals surface area contributed by atoms with Crippen LogP contribution in [-0.4, -0.2) is 25.3 Å². The first-order valence-electron chi connectivity index (χ1n) is 4.07. The van der Waals surface area contributed by atoms with Crippen LogP contribution in [-0.2, 0) is 4.74 Å². The number of nitriles is 1. The zero-order valence-electron chi connectivity index (χ0n) is 6.89. The first-order chi connectivity index (χ1) is 5.33. The molecule has 3 heteroatoms. The molecule has 0 bridgehead atoms. The van der Waals surface area contributed by atoms with E-state index in [4.69, 9.17) is 10.00 Å². The maximum absolute atomic E-state index is 8.90. The summed E-state index contributed by atoms with van der Waals surface area (Å²) in [6.07, 6.45) is 1.63. The van der Waals surface area contributed by atoms with E-state index in [1.54, 1.807) is 0 Å². The zero-order valence-corrected chi connectivity index (χ0v) is 6.89. The predicted octanol–water partition coefficient (Wildman–Crippen LogP) is 0.669. The van der Waals surface area contributed by atoms with Crippen molar-refractivity contribution in [2.75, 3.05) is 19.8 Å². The van der Waals surface area contributed by atoms with Crippen LogP contribution in [0, 0.1) is 11.3 Å². The van der Waals surface area contributed by atoms with E-state index in [0.717, 1.165) is 19.4 Å². The second-order valence-corrected chi connectivity index (χ2v) is 2.84. The zero-order chi connectivity index (χ0) is 8.16. The van der Waals surface area contributed by atoms with Crippen LogP contribution in [0.2, 0.25) is 0 Å². The maximum atomic E-state index is 8.90. The molecule has 0 atom stereocenters. The highest BCUT2D eigenvalue weighted by Gasteiger charge is 2.30. The Kier molecular flexibility index (Phi) is 2.86. The van der Waals surface area contributed by atoms with Crippen LogP contribution in [0.4, 0.5) is 0 Å². The Hall–Kier alpha value is -0.590. The summed E-state index contributed by atoms with van der Waals surface area (Å²) in [6, 6.07) is 2.33. The highest BCUT2D eigenvalue weighted by atomic mass is 16.5. The van der Waals surface area contributed by atoms with Crippen molar-refractivity contribution in [3.8, 4) is 6.07 Å². The van der Waals surface area contributed by atoms with Gasteiger partial charge in [-0.05, 0) is 6.54 Å². The third-order valence-electron chi connectivity index (χ3n) is 2.08. The van der Waals surface area contributed by atoms with Gasteiger partial charge in [-0.1, -0.05) is 6.92 Å². The van der Waals surface area contributed by atoms with Crippen molar-refractivity contribution in [2.24, 2.45) is 0 Å². The van der Waals surface area contributed by atoms with Gasteiger partial charge in [0.1, 0.15) is 5.54 Å². The molecule has 0 amide bonds. The van der Waals surface area contributed by atoms with Crippen molar-refractivity contribution < 1.29 is 4.74 Å². The highest BCUT2D eigenvalue weighted by Crippen LogP contribution is 2.18. The molecule has 0 unspecified atom stereocenters. The highest BCUT2D eigenvalue weighted by molar-refractivity contribution is 5.07. The van der Waals surface area contributed by atoms with Crippen LogP contribution in [0.3, 0.4) is 0 Å². The number of nitrogens with zero attached hydrogens (tertiary/aromatic N) is 1. The summed E-state index contributed by atoms with van der Waals surface area (Å²) < 4.78 is 5.18. The van der Waals surface area contributed by atoms with Crippen LogP contribution >= 0.6 is 0 Å². The van der Waals surface area contributed by atoms with Gasteiger partial charge >= 0.3 is 0 Å². The van der Waals surface area contributed by atoms with Crippen molar-refractivity contribution in [1.82, 2.24) is 5.32 Å². The van der Waals surface area contributed by atoms with Crippen LogP contribution < -0.4 is 5.32 Å². The summed E-state index contributed by atoms with van der Waals surface area (Å²) >= 11 is 0. The molecule has 0 aliphatic carbocycles. The van der Waals surface area contributed by atoms with Crippen molar-refractivity contribution in [3.63, 3.8) is 0 Å². The number of ether oxygens (including phenoxy) is 1. The van der Waals surface area contributed by atoms with Crippen molar-refractivity contribution >= 4 is 0 Å². The van der Waals surface area contributed by atoms with Gasteiger partial charge in [0.2, 0.25) is 0 Å². The van der Waals surface area contributed by atoms with Gasteiger partial charge in [-0.3, -0.25) is 5.32 Å². The predicted molar refractivity (Wildman–Crippen MR) is 42.1 cm³/mol. The molecule has 11 heavy (non-hydrogen) atoms. The summed E-state index contributed by atoms with van der Waals surface area (Å²) in [6.45, 7) is 4.29. The molecule has 0 saturated carbocycles. The lowest BCUT2D eigenvalue weighted by atomic mass is 9.92. The van der Waals surface area contributed by atoms with Crippen molar-refractivity contribution in [2.45, 2.75) is 25.3 Å². The van der Waals surface area contributed by atoms with Gasteiger partial charge in [-0.2, -0.15) is 5.26 Å². The maximum Gasteiger partial charge on any atom is 0.111 e. The van der Waals surface area contributed by atoms with Crippen LogP contribution in [0.5, 0.6) is 0 Å². The molecule has 1 N–H and O–H groups in total. The Balaban J connectivity index is 2.51. The largest absolute Gasteiger partial charge is 0.381 e. The number of hydrogen-bond acceptors (Lipinski definition) is 3. The van der Waals surface area contributed by atoms with Gasteiger partial charge < -0.3 is 4.74 Å². The smallest absolute Gasteiger partial charge is 0.111 e. The molecule has 1 aliphatic rings. The number of nitrogens with one attached hydrogen (secondary N) is 1. The molecular formula is C8H14N2O. The third kappa shape index (κ3) is 1.92. The van der Waals surface area contributed by atoms with E-state index in [-0.39, 0.29) is 5.54 Å². The fourth-order valence-electron chi connectivity index (χ4n) is 1.39. The molecule has 1 fully saturated rings. The molecule has 0 aromatic rings. The Morgan fingerprint density at radius 2 is 2.18 bits per heavy atom. The molecule has 3 nitrogen and oxygen atoms in total. The average molecular weight is 154 g/mol. The molecule has 62 valence electrons. The van der Waals surface area contributed by atoms with E-state index < -0.39 is 0 Å². The Bertz CT molecular complexity index is 150. The summed E-state index contributed by atoms with van der Waals surface area (Å²) in [5, 5.41) is 12.1. The normalized spacial score (nSPS) is 22.5. The van der Waals surface area contributed by atoms with Crippen LogP contribution in [0.1, 0.15) is 19.8 Å². The first kappa shape index (κ1) is 8.51. The Morgan fingerprint density at radius 3 is 2.64 bits per heavy atom. The van der Waals surface area contributed by atoms with Gasteiger partial charge in [0.25, 0.3) is 0 Å². The average Bonchev–Trinajstić information content (AvgIpc) is 2.07. The monoisotopic (exact) mass is 154 g/mol. The van der Waals surface area contributed by atoms with Crippen molar-refractivity contribution in [3.05, 3.63) is 0 Å². The van der Waals surface area contributed by atoms with E-state index in [1.165, 1.54) is 0 Å². The van der Waals surface area contributed by atoms with Crippen molar-refractivity contribution in [1.29, 1.82) is 5.26 Å². The molecule has 1 rings (SSSR count). The Morgan fingerprint density at radius 1 is 1.55 bits per heavy atom. The molecule has 1 heterocycles. The third-order valence-corrected chi connectivity index (χ3v) is 2.08. The van der Waals surface area contributed by atoms with E-state index in [9.17, 15) is 0 Å². The standard InChI is InChI=1S/C8H14N2O/c1-2-10-8(7-9)3-5-11-6-4-8/h10H,2-6H2,1H3. The summed E-state index contributed by atoms with van der Waals surface area (Å²) in [5.74, 6) is 0. The molecule has 0 aromatic heterocycles. The molecular weight excluding hydrogens is 140 g/mol. The van der Waals surface area contributed by atoms with E-state index in [2.05, 4.69) is 11.4 Å². The summed E-state index contributed by atoms with van der Waals surface area (Å²) in [4.78, 5) is 0. The number of rotatable bonds is 2. The van der Waals surface area contributed by atoms with Crippen LogP contribution in [0.15, 0.2) is 0 Å². The second kappa shape index (κ2) is 3.70. The van der Waals surface area contributed by atoms with Gasteiger partial charge in [0.15, 0.2) is 0 Å². The fourth-order valence-corrected chi connectivity index (χ4v) is 1.39. The summed E-state index contributed by atoms with van der Waals surface area (Å²) in [5.41, 5.74) is -0.299. The molecule has 0 spiro atoms. The molecule has 1 saturated heterocycles. The minimum absolute atomic E-state index is 0.299. The Labute approximate surface area is 67.3 Å². The van der Waals surface area contributed by atoms with Gasteiger partial charge in [0.05, 0.1) is 6.07 Å². The van der Waals surface area contributed by atoms with Crippen LogP contribution in [0.25, 0.3) is 0 Å². The molecule has 1 aliphatic heterocycles. The van der Waals surface area contributed by atoms with E-state index >= 15 is 0 Å². The van der Waals surface area contributed by atoms with Gasteiger partial charge in [-0.25, -0.2) is 0 Å². The fraction of sp³-hybridized carbons (Fsp3) is 0.875. The lowest BCUT2D eigenvalue weighted by Gasteiger charge is -2.31. The van der Waals surface area contributed by atoms with E-state index in [1.807, 2.05) is 6.92 Å². The number of hydrogen-bond donors (Lipinski definition) is 1. The quantitative estimate of drug-likeness (QED) is 0.635. The molecule has 0 radical (unpaired) electrons. The molecule has 0 aromatic carbocycles. The van der Waals surface area contributed by atoms with E-state index in [0.29, 0.717) is 13.2 Å². The first-order valence-corrected chi connectivity index (χ1v) is 4.07. The SMILES string of the molecule is CCNC1(C#N)CCOCC1. The van der Waals surface area contributed by atoms with Gasteiger partial charge in [0, 0.05) is 26.1 Å². The minimum atomic E-state index is -0.299. The van der Waals surface area contributed by atoms with Gasteiger partial charge in [-0.15, -0.1) is 0 Å². The lowest BCUT2D eigenvalue weighted by Crippen LogP contribution is -2.48. The lowest BCUT2D eigenvalue weighted by molar-refractivity contribution is 0.0586. The second-order valence-electron chi connectivity index (χ2n) is 2.84. The topological polar surface area (TPSA) is 45.0 Å². The minimum Gasteiger partial charge on any atom is -0.381 e. The summed E-state index contributed by atoms with van der Waals surface area (Å²) in [7, 11) is 0.